The van der Waals surface area contributed by atoms with Gasteiger partial charge in [0.2, 0.25) is 5.52 Å². The number of rotatable bonds is 13. The SMILES string of the molecule is CCCCCCN(CCCCCC)c1ccc(C=Cc2cc[n+](C)c3ccccc23)cc1. The molecule has 1 heterocycles. The highest BCUT2D eigenvalue weighted by Crippen LogP contribution is 2.21. The van der Waals surface area contributed by atoms with E-state index in [2.05, 4.69) is 103 Å². The number of para-hydroxylation sites is 1. The Hall–Kier alpha value is -2.61. The van der Waals surface area contributed by atoms with Gasteiger partial charge in [-0.25, -0.2) is 4.57 Å². The second kappa shape index (κ2) is 13.1. The van der Waals surface area contributed by atoms with Crippen molar-refractivity contribution in [2.75, 3.05) is 18.0 Å². The average molecular weight is 430 g/mol. The zero-order chi connectivity index (χ0) is 22.6. The van der Waals surface area contributed by atoms with Gasteiger partial charge in [0, 0.05) is 30.9 Å². The number of anilines is 1. The second-order valence-electron chi connectivity index (χ2n) is 8.93. The minimum Gasteiger partial charge on any atom is -0.372 e. The van der Waals surface area contributed by atoms with E-state index in [1.54, 1.807) is 0 Å². The van der Waals surface area contributed by atoms with Crippen molar-refractivity contribution in [3.05, 3.63) is 71.9 Å². The monoisotopic (exact) mass is 429 g/mol. The minimum atomic E-state index is 1.17. The van der Waals surface area contributed by atoms with Crippen LogP contribution in [0.25, 0.3) is 23.1 Å². The van der Waals surface area contributed by atoms with Crippen molar-refractivity contribution in [1.82, 2.24) is 0 Å². The Balaban J connectivity index is 1.69. The summed E-state index contributed by atoms with van der Waals surface area (Å²) in [6.45, 7) is 6.92. The van der Waals surface area contributed by atoms with E-state index >= 15 is 0 Å². The fourth-order valence-corrected chi connectivity index (χ4v) is 4.34. The summed E-state index contributed by atoms with van der Waals surface area (Å²) in [5.74, 6) is 0. The average Bonchev–Trinajstić information content (AvgIpc) is 2.83. The summed E-state index contributed by atoms with van der Waals surface area (Å²) in [4.78, 5) is 2.60. The van der Waals surface area contributed by atoms with Crippen molar-refractivity contribution in [3.8, 4) is 0 Å². The number of hydrogen-bond acceptors (Lipinski definition) is 1. The fourth-order valence-electron chi connectivity index (χ4n) is 4.34. The van der Waals surface area contributed by atoms with Gasteiger partial charge in [0.05, 0.1) is 5.39 Å². The van der Waals surface area contributed by atoms with Gasteiger partial charge in [0.25, 0.3) is 0 Å². The molecule has 0 saturated carbocycles. The number of unbranched alkanes of at least 4 members (excludes halogenated alkanes) is 6. The van der Waals surface area contributed by atoms with E-state index in [0.717, 1.165) is 0 Å². The van der Waals surface area contributed by atoms with Gasteiger partial charge in [-0.15, -0.1) is 0 Å². The Bertz CT molecular complexity index is 960. The molecule has 0 amide bonds. The van der Waals surface area contributed by atoms with E-state index in [-0.39, 0.29) is 0 Å². The highest BCUT2D eigenvalue weighted by Gasteiger charge is 2.08. The van der Waals surface area contributed by atoms with Crippen LogP contribution in [0.3, 0.4) is 0 Å². The van der Waals surface area contributed by atoms with Crippen LogP contribution >= 0.6 is 0 Å². The molecule has 170 valence electrons. The van der Waals surface area contributed by atoms with Gasteiger partial charge in [-0.2, -0.15) is 0 Å². The van der Waals surface area contributed by atoms with Gasteiger partial charge in [0.15, 0.2) is 6.20 Å². The molecular formula is C30H41N2+. The maximum Gasteiger partial charge on any atom is 0.212 e. The number of aryl methyl sites for hydroxylation is 1. The molecule has 2 nitrogen and oxygen atoms in total. The van der Waals surface area contributed by atoms with Crippen LogP contribution in [-0.2, 0) is 7.05 Å². The van der Waals surface area contributed by atoms with E-state index in [4.69, 9.17) is 0 Å². The lowest BCUT2D eigenvalue weighted by Gasteiger charge is -2.25. The topological polar surface area (TPSA) is 7.12 Å². The molecule has 0 fully saturated rings. The maximum absolute atomic E-state index is 2.60. The van der Waals surface area contributed by atoms with Crippen LogP contribution in [0.1, 0.15) is 76.3 Å². The molecule has 3 rings (SSSR count). The second-order valence-corrected chi connectivity index (χ2v) is 8.93. The number of benzene rings is 2. The molecule has 0 saturated heterocycles. The predicted octanol–water partition coefficient (Wildman–Crippen LogP) is 7.80. The molecule has 32 heavy (non-hydrogen) atoms. The minimum absolute atomic E-state index is 1.17. The van der Waals surface area contributed by atoms with E-state index in [1.165, 1.54) is 92.2 Å². The molecule has 2 aromatic carbocycles. The van der Waals surface area contributed by atoms with Gasteiger partial charge in [-0.3, -0.25) is 0 Å². The van der Waals surface area contributed by atoms with Crippen molar-refractivity contribution in [1.29, 1.82) is 0 Å². The van der Waals surface area contributed by atoms with E-state index in [9.17, 15) is 0 Å². The molecule has 0 spiro atoms. The molecule has 0 atom stereocenters. The van der Waals surface area contributed by atoms with Crippen LogP contribution < -0.4 is 9.47 Å². The Morgan fingerprint density at radius 3 is 2.03 bits per heavy atom. The van der Waals surface area contributed by atoms with Crippen molar-refractivity contribution in [2.45, 2.75) is 65.2 Å². The molecule has 0 radical (unpaired) electrons. The zero-order valence-electron chi connectivity index (χ0n) is 20.4. The number of fused-ring (bicyclic) bond motifs is 1. The highest BCUT2D eigenvalue weighted by atomic mass is 15.1. The highest BCUT2D eigenvalue weighted by molar-refractivity contribution is 5.88. The van der Waals surface area contributed by atoms with Crippen LogP contribution in [0, 0.1) is 0 Å². The molecule has 0 unspecified atom stereocenters. The summed E-state index contributed by atoms with van der Waals surface area (Å²) in [5, 5.41) is 1.29. The third-order valence-corrected chi connectivity index (χ3v) is 6.35. The standard InChI is InChI=1S/C30H41N2/c1-4-6-8-12-23-32(24-13-9-7-5-2)28-20-17-26(18-21-28)16-19-27-22-25-31(3)30-15-11-10-14-29(27)30/h10-11,14-22,25H,4-9,12-13,23-24H2,1-3H3/q+1. The van der Waals surface area contributed by atoms with Gasteiger partial charge >= 0.3 is 0 Å². The number of aromatic nitrogens is 1. The fraction of sp³-hybridized carbons (Fsp3) is 0.433. The third-order valence-electron chi connectivity index (χ3n) is 6.35. The quantitative estimate of drug-likeness (QED) is 0.198. The summed E-state index contributed by atoms with van der Waals surface area (Å²) in [6, 6.07) is 19.9. The van der Waals surface area contributed by atoms with E-state index < -0.39 is 0 Å². The smallest absolute Gasteiger partial charge is 0.212 e. The van der Waals surface area contributed by atoms with Gasteiger partial charge in [-0.1, -0.05) is 88.8 Å². The maximum atomic E-state index is 2.60. The van der Waals surface area contributed by atoms with E-state index in [1.807, 2.05) is 0 Å². The first-order chi connectivity index (χ1) is 15.7. The summed E-state index contributed by atoms with van der Waals surface area (Å²) < 4.78 is 2.18. The lowest BCUT2D eigenvalue weighted by Crippen LogP contribution is -2.28. The molecule has 0 N–H and O–H groups in total. The largest absolute Gasteiger partial charge is 0.372 e. The summed E-state index contributed by atoms with van der Waals surface area (Å²) in [5.41, 5.74) is 5.14. The Morgan fingerprint density at radius 1 is 0.719 bits per heavy atom. The Kier molecular flexibility index (Phi) is 9.81. The normalized spacial score (nSPS) is 11.5. The van der Waals surface area contributed by atoms with Gasteiger partial charge < -0.3 is 4.90 Å². The molecule has 2 heteroatoms. The molecular weight excluding hydrogens is 388 g/mol. The third kappa shape index (κ3) is 6.95. The lowest BCUT2D eigenvalue weighted by atomic mass is 10.1. The van der Waals surface area contributed by atoms with Crippen LogP contribution in [0.15, 0.2) is 60.8 Å². The van der Waals surface area contributed by atoms with Gasteiger partial charge in [0.1, 0.15) is 7.05 Å². The first-order valence-corrected chi connectivity index (χ1v) is 12.6. The molecule has 0 bridgehead atoms. The first-order valence-electron chi connectivity index (χ1n) is 12.6. The first kappa shape index (κ1) is 24.0. The van der Waals surface area contributed by atoms with Crippen molar-refractivity contribution < 1.29 is 4.57 Å². The molecule has 0 aliphatic carbocycles. The Labute approximate surface area is 195 Å². The summed E-state index contributed by atoms with van der Waals surface area (Å²) >= 11 is 0. The van der Waals surface area contributed by atoms with Crippen molar-refractivity contribution in [2.24, 2.45) is 7.05 Å². The number of pyridine rings is 1. The van der Waals surface area contributed by atoms with E-state index in [0.29, 0.717) is 0 Å². The summed E-state index contributed by atoms with van der Waals surface area (Å²) in [7, 11) is 2.10. The summed E-state index contributed by atoms with van der Waals surface area (Å²) in [6.07, 6.45) is 17.2. The molecule has 1 aromatic heterocycles. The zero-order valence-corrected chi connectivity index (χ0v) is 20.4. The van der Waals surface area contributed by atoms with Gasteiger partial charge in [-0.05, 0) is 42.2 Å². The molecule has 0 aliphatic heterocycles. The van der Waals surface area contributed by atoms with Crippen LogP contribution in [-0.4, -0.2) is 13.1 Å². The molecule has 3 aromatic rings. The van der Waals surface area contributed by atoms with Crippen LogP contribution in [0.2, 0.25) is 0 Å². The van der Waals surface area contributed by atoms with Crippen LogP contribution in [0.5, 0.6) is 0 Å². The van der Waals surface area contributed by atoms with Crippen molar-refractivity contribution in [3.63, 3.8) is 0 Å². The molecule has 0 aliphatic rings. The van der Waals surface area contributed by atoms with Crippen LogP contribution in [0.4, 0.5) is 5.69 Å². The lowest BCUT2D eigenvalue weighted by molar-refractivity contribution is -0.644. The van der Waals surface area contributed by atoms with Crippen molar-refractivity contribution >= 4 is 28.7 Å². The Morgan fingerprint density at radius 2 is 1.38 bits per heavy atom. The number of nitrogens with zero attached hydrogens (tertiary/aromatic N) is 2. The predicted molar refractivity (Wildman–Crippen MR) is 141 cm³/mol. The number of hydrogen-bond donors (Lipinski definition) is 0.